The molecule has 0 N–H and O–H groups in total. The lowest BCUT2D eigenvalue weighted by Crippen LogP contribution is -2.03. The van der Waals surface area contributed by atoms with Crippen molar-refractivity contribution in [2.24, 2.45) is 0 Å². The van der Waals surface area contributed by atoms with Gasteiger partial charge in [-0.1, -0.05) is 0 Å². The van der Waals surface area contributed by atoms with Crippen LogP contribution in [0.5, 0.6) is 0 Å². The number of carbonyl (C=O) groups is 1. The lowest BCUT2D eigenvalue weighted by atomic mass is 10.1. The summed E-state index contributed by atoms with van der Waals surface area (Å²) in [5, 5.41) is 10.4. The summed E-state index contributed by atoms with van der Waals surface area (Å²) < 4.78 is 24.7. The van der Waals surface area contributed by atoms with E-state index in [1.54, 1.807) is 0 Å². The van der Waals surface area contributed by atoms with Crippen LogP contribution in [0.25, 0.3) is 0 Å². The van der Waals surface area contributed by atoms with Crippen molar-refractivity contribution in [3.05, 3.63) is 33.1 Å². The predicted octanol–water partition coefficient (Wildman–Crippen LogP) is 2.05. The highest BCUT2D eigenvalue weighted by Gasteiger charge is 2.21. The third-order valence-corrected chi connectivity index (χ3v) is 1.78. The molecule has 0 aliphatic carbocycles. The maximum atomic E-state index is 12.3. The summed E-state index contributed by atoms with van der Waals surface area (Å²) in [7, 11) is 0. The Morgan fingerprint density at radius 3 is 2.60 bits per heavy atom. The van der Waals surface area contributed by atoms with Gasteiger partial charge in [0.25, 0.3) is 12.1 Å². The molecule has 0 saturated heterocycles. The molecule has 0 aromatic carbocycles. The van der Waals surface area contributed by atoms with E-state index in [1.807, 2.05) is 0 Å². The third-order valence-electron chi connectivity index (χ3n) is 1.78. The van der Waals surface area contributed by atoms with E-state index >= 15 is 0 Å². The maximum Gasteiger partial charge on any atom is 0.291 e. The number of nitro groups is 1. The second-order valence-corrected chi connectivity index (χ2v) is 2.74. The average molecular weight is 216 g/mol. The molecule has 0 bridgehead atoms. The summed E-state index contributed by atoms with van der Waals surface area (Å²) in [6, 6.07) is 0.802. The Morgan fingerprint density at radius 1 is 1.60 bits per heavy atom. The fourth-order valence-corrected chi connectivity index (χ4v) is 1.08. The normalized spacial score (nSPS) is 10.4. The number of hydrogen-bond donors (Lipinski definition) is 0. The summed E-state index contributed by atoms with van der Waals surface area (Å²) in [6.07, 6.45) is -2.80. The smallest absolute Gasteiger partial charge is 0.291 e. The van der Waals surface area contributed by atoms with E-state index in [2.05, 4.69) is 4.98 Å². The second kappa shape index (κ2) is 4.07. The van der Waals surface area contributed by atoms with Crippen molar-refractivity contribution in [2.75, 3.05) is 0 Å². The van der Waals surface area contributed by atoms with Crippen molar-refractivity contribution in [3.8, 4) is 0 Å². The van der Waals surface area contributed by atoms with Gasteiger partial charge in [-0.25, -0.2) is 13.8 Å². The van der Waals surface area contributed by atoms with E-state index in [4.69, 9.17) is 0 Å². The van der Waals surface area contributed by atoms with Crippen LogP contribution in [0.3, 0.4) is 0 Å². The van der Waals surface area contributed by atoms with Crippen molar-refractivity contribution in [3.63, 3.8) is 0 Å². The number of aromatic nitrogens is 1. The van der Waals surface area contributed by atoms with Crippen LogP contribution in [0.1, 0.15) is 28.2 Å². The van der Waals surface area contributed by atoms with Gasteiger partial charge < -0.3 is 0 Å². The molecule has 1 aromatic rings. The van der Waals surface area contributed by atoms with E-state index in [-0.39, 0.29) is 12.0 Å². The molecule has 0 radical (unpaired) electrons. The van der Waals surface area contributed by atoms with Gasteiger partial charge in [0, 0.05) is 11.6 Å². The second-order valence-electron chi connectivity index (χ2n) is 2.74. The first-order valence-corrected chi connectivity index (χ1v) is 3.86. The maximum absolute atomic E-state index is 12.3. The lowest BCUT2D eigenvalue weighted by molar-refractivity contribution is -0.385. The predicted molar refractivity (Wildman–Crippen MR) is 46.0 cm³/mol. The van der Waals surface area contributed by atoms with E-state index < -0.39 is 28.3 Å². The zero-order chi connectivity index (χ0) is 11.6. The molecule has 15 heavy (non-hydrogen) atoms. The molecule has 0 atom stereocenters. The highest BCUT2D eigenvalue weighted by molar-refractivity contribution is 5.78. The molecule has 0 aliphatic rings. The first-order chi connectivity index (χ1) is 6.97. The van der Waals surface area contributed by atoms with E-state index in [0.717, 1.165) is 6.07 Å². The summed E-state index contributed by atoms with van der Waals surface area (Å²) in [4.78, 5) is 23.4. The molecule has 0 fully saturated rings. The van der Waals surface area contributed by atoms with Crippen LogP contribution in [0.2, 0.25) is 0 Å². The number of aldehydes is 1. The molecule has 1 rings (SSSR count). The summed E-state index contributed by atoms with van der Waals surface area (Å²) in [6.45, 7) is 1.23. The fraction of sp³-hybridized carbons (Fsp3) is 0.250. The van der Waals surface area contributed by atoms with Crippen LogP contribution < -0.4 is 0 Å². The van der Waals surface area contributed by atoms with Gasteiger partial charge in [-0.05, 0) is 6.92 Å². The van der Waals surface area contributed by atoms with Crippen LogP contribution in [-0.4, -0.2) is 16.2 Å². The quantitative estimate of drug-likeness (QED) is 0.440. The Morgan fingerprint density at radius 2 is 2.20 bits per heavy atom. The molecular weight excluding hydrogens is 210 g/mol. The van der Waals surface area contributed by atoms with Crippen LogP contribution in [0.15, 0.2) is 6.07 Å². The number of alkyl halides is 2. The molecule has 0 amide bonds. The van der Waals surface area contributed by atoms with Gasteiger partial charge in [0.05, 0.1) is 4.92 Å². The molecule has 0 spiro atoms. The Balaban J connectivity index is 3.42. The van der Waals surface area contributed by atoms with Crippen LogP contribution in [0, 0.1) is 17.0 Å². The monoisotopic (exact) mass is 216 g/mol. The van der Waals surface area contributed by atoms with Crippen molar-refractivity contribution in [2.45, 2.75) is 13.3 Å². The number of aryl methyl sites for hydroxylation is 1. The average Bonchev–Trinajstić information content (AvgIpc) is 2.16. The summed E-state index contributed by atoms with van der Waals surface area (Å²) >= 11 is 0. The Kier molecular flexibility index (Phi) is 3.03. The molecule has 1 heterocycles. The molecule has 80 valence electrons. The van der Waals surface area contributed by atoms with Crippen LogP contribution in [-0.2, 0) is 0 Å². The van der Waals surface area contributed by atoms with E-state index in [1.165, 1.54) is 6.92 Å². The molecular formula is C8H6F2N2O3. The molecule has 0 saturated carbocycles. The lowest BCUT2D eigenvalue weighted by Gasteiger charge is -2.04. The van der Waals surface area contributed by atoms with Gasteiger partial charge in [0.1, 0.15) is 11.4 Å². The van der Waals surface area contributed by atoms with Gasteiger partial charge in [0.15, 0.2) is 6.29 Å². The fourth-order valence-electron chi connectivity index (χ4n) is 1.08. The molecule has 5 nitrogen and oxygen atoms in total. The van der Waals surface area contributed by atoms with Gasteiger partial charge in [-0.15, -0.1) is 0 Å². The molecule has 7 heteroatoms. The topological polar surface area (TPSA) is 73.1 Å². The van der Waals surface area contributed by atoms with Crippen molar-refractivity contribution in [1.82, 2.24) is 4.98 Å². The van der Waals surface area contributed by atoms with Gasteiger partial charge in [-0.2, -0.15) is 0 Å². The number of hydrogen-bond acceptors (Lipinski definition) is 4. The summed E-state index contributed by atoms with van der Waals surface area (Å²) in [5.74, 6) is 0. The molecule has 0 unspecified atom stereocenters. The summed E-state index contributed by atoms with van der Waals surface area (Å²) in [5.41, 5.74) is -1.77. The standard InChI is InChI=1S/C8H6F2N2O3/c1-4-6(12(14)15)2-5(3-13)7(11-4)8(9)10/h2-3,8H,1H3. The van der Waals surface area contributed by atoms with Gasteiger partial charge >= 0.3 is 0 Å². The number of rotatable bonds is 3. The largest absolute Gasteiger partial charge is 0.298 e. The van der Waals surface area contributed by atoms with Crippen LogP contribution >= 0.6 is 0 Å². The highest BCUT2D eigenvalue weighted by Crippen LogP contribution is 2.25. The Labute approximate surface area is 82.9 Å². The first-order valence-electron chi connectivity index (χ1n) is 3.86. The Bertz CT molecular complexity index is 421. The van der Waals surface area contributed by atoms with Crippen molar-refractivity contribution >= 4 is 12.0 Å². The minimum absolute atomic E-state index is 0.126. The number of nitrogens with zero attached hydrogens (tertiary/aromatic N) is 2. The van der Waals surface area contributed by atoms with E-state index in [0.29, 0.717) is 0 Å². The third kappa shape index (κ3) is 2.12. The Hall–Kier alpha value is -1.92. The van der Waals surface area contributed by atoms with Crippen molar-refractivity contribution in [1.29, 1.82) is 0 Å². The number of pyridine rings is 1. The number of halogens is 2. The van der Waals surface area contributed by atoms with E-state index in [9.17, 15) is 23.7 Å². The number of carbonyl (C=O) groups excluding carboxylic acids is 1. The molecule has 0 aliphatic heterocycles. The zero-order valence-corrected chi connectivity index (χ0v) is 7.61. The first kappa shape index (κ1) is 11.2. The van der Waals surface area contributed by atoms with Crippen LogP contribution in [0.4, 0.5) is 14.5 Å². The van der Waals surface area contributed by atoms with Gasteiger partial charge in [-0.3, -0.25) is 14.9 Å². The van der Waals surface area contributed by atoms with Crippen molar-refractivity contribution < 1.29 is 18.5 Å². The highest BCUT2D eigenvalue weighted by atomic mass is 19.3. The minimum atomic E-state index is -2.93. The SMILES string of the molecule is Cc1nc(C(F)F)c(C=O)cc1[N+](=O)[O-]. The minimum Gasteiger partial charge on any atom is -0.298 e. The molecule has 1 aromatic heterocycles. The zero-order valence-electron chi connectivity index (χ0n) is 7.61. The van der Waals surface area contributed by atoms with Gasteiger partial charge in [0.2, 0.25) is 0 Å².